The molecular formula is C46H52N4O18S4. The zero-order chi connectivity index (χ0) is 51.3. The first-order valence-electron chi connectivity index (χ1n) is 22.7. The Kier molecular flexibility index (Phi) is 16.5. The number of hydrogen-bond donors (Lipinski definition) is 4. The number of nitrogens with zero attached hydrogens (tertiary/aromatic N) is 2. The summed E-state index contributed by atoms with van der Waals surface area (Å²) < 4.78 is 163. The lowest BCUT2D eigenvalue weighted by molar-refractivity contribution is 0.0240. The number of hydrogen-bond acceptors (Lipinski definition) is 16. The molecule has 0 spiro atoms. The highest BCUT2D eigenvalue weighted by molar-refractivity contribution is 7.89. The summed E-state index contributed by atoms with van der Waals surface area (Å²) in [5, 5.41) is 5.04. The number of carbonyl (C=O) groups excluding carboxylic acids is 2. The fourth-order valence-electron chi connectivity index (χ4n) is 8.23. The lowest BCUT2D eigenvalue weighted by atomic mass is 10.1. The molecule has 0 radical (unpaired) electrons. The topological polar surface area (TPSA) is 297 Å². The Morgan fingerprint density at radius 3 is 1.18 bits per heavy atom. The highest BCUT2D eigenvalue weighted by Gasteiger charge is 2.34. The van der Waals surface area contributed by atoms with Crippen LogP contribution in [0.4, 0.5) is 11.4 Å². The fraction of sp³-hybridized carbons (Fsp3) is 0.391. The van der Waals surface area contributed by atoms with E-state index in [2.05, 4.69) is 10.6 Å². The predicted octanol–water partition coefficient (Wildman–Crippen LogP) is 4.01. The third-order valence-electron chi connectivity index (χ3n) is 12.1. The predicted molar refractivity (Wildman–Crippen MR) is 258 cm³/mol. The minimum atomic E-state index is -5.03. The Bertz CT molecular complexity index is 2950. The molecule has 4 saturated heterocycles. The summed E-state index contributed by atoms with van der Waals surface area (Å²) >= 11 is 0. The van der Waals surface area contributed by atoms with Crippen molar-refractivity contribution < 1.29 is 80.8 Å². The summed E-state index contributed by atoms with van der Waals surface area (Å²) in [6.45, 7) is 2.71. The Morgan fingerprint density at radius 1 is 0.486 bits per heavy atom. The molecule has 0 unspecified atom stereocenters. The van der Waals surface area contributed by atoms with E-state index in [0.717, 1.165) is 36.4 Å². The van der Waals surface area contributed by atoms with Gasteiger partial charge in [-0.1, -0.05) is 24.3 Å². The van der Waals surface area contributed by atoms with E-state index < -0.39 is 61.9 Å². The molecule has 4 aromatic rings. The lowest BCUT2D eigenvalue weighted by Gasteiger charge is -2.28. The van der Waals surface area contributed by atoms with E-state index >= 15 is 0 Å². The normalized spacial score (nSPS) is 18.4. The number of rotatable bonds is 16. The smallest absolute Gasteiger partial charge is 0.295 e. The van der Waals surface area contributed by atoms with Crippen molar-refractivity contribution in [1.29, 1.82) is 0 Å². The molecule has 388 valence electrons. The molecule has 22 nitrogen and oxygen atoms in total. The maximum absolute atomic E-state index is 13.9. The van der Waals surface area contributed by atoms with Gasteiger partial charge in [0.05, 0.1) is 52.9 Å². The molecule has 4 aliphatic heterocycles. The molecule has 4 fully saturated rings. The Labute approximate surface area is 416 Å². The summed E-state index contributed by atoms with van der Waals surface area (Å²) in [7, 11) is -18.4. The molecule has 0 aromatic heterocycles. The van der Waals surface area contributed by atoms with E-state index in [0.29, 0.717) is 52.1 Å². The van der Waals surface area contributed by atoms with Crippen molar-refractivity contribution in [2.75, 3.05) is 89.7 Å². The quantitative estimate of drug-likeness (QED) is 0.0910. The van der Waals surface area contributed by atoms with Crippen molar-refractivity contribution in [3.8, 4) is 11.5 Å². The van der Waals surface area contributed by atoms with E-state index in [1.54, 1.807) is 0 Å². The molecular weight excluding hydrogens is 1020 g/mol. The number of nitrogens with one attached hydrogen (secondary N) is 2. The van der Waals surface area contributed by atoms with Crippen molar-refractivity contribution in [2.45, 2.75) is 57.5 Å². The number of benzene rings is 4. The number of sulfonamides is 2. The summed E-state index contributed by atoms with van der Waals surface area (Å²) in [4.78, 5) is 25.4. The van der Waals surface area contributed by atoms with Crippen molar-refractivity contribution in [3.63, 3.8) is 0 Å². The summed E-state index contributed by atoms with van der Waals surface area (Å²) in [6, 6.07) is 14.6. The molecule has 0 atom stereocenters. The molecule has 72 heavy (non-hydrogen) atoms. The minimum absolute atomic E-state index is 0.0396. The first-order valence-corrected chi connectivity index (χ1v) is 28.5. The zero-order valence-electron chi connectivity index (χ0n) is 38.5. The van der Waals surface area contributed by atoms with Crippen LogP contribution in [0, 0.1) is 0 Å². The van der Waals surface area contributed by atoms with Crippen LogP contribution in [-0.4, -0.2) is 154 Å². The van der Waals surface area contributed by atoms with Crippen molar-refractivity contribution in [2.24, 2.45) is 0 Å². The molecule has 0 saturated carbocycles. The van der Waals surface area contributed by atoms with Gasteiger partial charge in [-0.05, 0) is 71.8 Å². The van der Waals surface area contributed by atoms with Gasteiger partial charge in [-0.2, -0.15) is 25.4 Å². The van der Waals surface area contributed by atoms with Gasteiger partial charge in [0.15, 0.2) is 0 Å². The third-order valence-corrected chi connectivity index (χ3v) is 17.7. The van der Waals surface area contributed by atoms with Crippen molar-refractivity contribution in [1.82, 2.24) is 8.61 Å². The standard InChI is InChI=1S/C46H52N4O18S4/c51-45(33-5-9-39(67-37-11-19-63-20-12-37)43(27-33)69(53,54)49-15-23-65-24-16-49)47-35-7-3-31(41(29-35)71(57,58)59)1-2-32-4-8-36(30-42(32)72(60,61)62)48-46(52)34-6-10-40(68-38-13-21-64-22-14-38)44(28-34)70(55,56)50-17-25-66-26-18-50/h1-10,27-30,37-38H,11-26H2,(H,47,51)(H,48,52)(H,57,58,59)(H,60,61,62)/b2-1+. The molecule has 8 rings (SSSR count). The van der Waals surface area contributed by atoms with E-state index in [-0.39, 0.29) is 120 Å². The van der Waals surface area contributed by atoms with Gasteiger partial charge < -0.3 is 39.1 Å². The Morgan fingerprint density at radius 2 is 0.833 bits per heavy atom. The van der Waals surface area contributed by atoms with Gasteiger partial charge in [0.2, 0.25) is 20.0 Å². The SMILES string of the molecule is O=C(Nc1ccc(/C=C/c2ccc(NC(=O)c3ccc(OC4CCOCC4)c(S(=O)(=O)N4CCOCC4)c3)cc2S(=O)(=O)O)c(S(=O)(=O)O)c1)c1ccc(OC2CCOCC2)c(S(=O)(=O)N2CCOCC2)c1. The largest absolute Gasteiger partial charge is 0.489 e. The van der Waals surface area contributed by atoms with Crippen LogP contribution in [0.15, 0.2) is 92.4 Å². The van der Waals surface area contributed by atoms with Gasteiger partial charge in [0, 0.05) is 74.4 Å². The molecule has 0 aliphatic carbocycles. The van der Waals surface area contributed by atoms with Gasteiger partial charge in [0.1, 0.15) is 43.3 Å². The molecule has 0 bridgehead atoms. The number of morpholine rings is 2. The van der Waals surface area contributed by atoms with Crippen LogP contribution >= 0.6 is 0 Å². The number of anilines is 2. The van der Waals surface area contributed by atoms with Crippen LogP contribution in [0.5, 0.6) is 11.5 Å². The van der Waals surface area contributed by atoms with E-state index in [9.17, 15) is 52.4 Å². The first-order chi connectivity index (χ1) is 34.3. The summed E-state index contributed by atoms with van der Waals surface area (Å²) in [5.74, 6) is -1.60. The molecule has 2 amide bonds. The Balaban J connectivity index is 1.02. The summed E-state index contributed by atoms with van der Waals surface area (Å²) in [6.07, 6.45) is 3.67. The summed E-state index contributed by atoms with van der Waals surface area (Å²) in [5.41, 5.74) is -0.867. The molecule has 4 N–H and O–H groups in total. The van der Waals surface area contributed by atoms with Crippen molar-refractivity contribution in [3.05, 3.63) is 95.1 Å². The van der Waals surface area contributed by atoms with E-state index in [4.69, 9.17) is 28.4 Å². The fourth-order valence-corrected chi connectivity index (χ4v) is 12.8. The van der Waals surface area contributed by atoms with Gasteiger partial charge in [-0.25, -0.2) is 16.8 Å². The van der Waals surface area contributed by atoms with Crippen LogP contribution in [0.2, 0.25) is 0 Å². The van der Waals surface area contributed by atoms with Gasteiger partial charge in [0.25, 0.3) is 32.1 Å². The molecule has 26 heteroatoms. The molecule has 4 aromatic carbocycles. The highest BCUT2D eigenvalue weighted by Crippen LogP contribution is 2.34. The maximum Gasteiger partial charge on any atom is 0.295 e. The molecule has 4 heterocycles. The van der Waals surface area contributed by atoms with Crippen LogP contribution in [0.1, 0.15) is 57.5 Å². The average Bonchev–Trinajstić information content (AvgIpc) is 3.37. The van der Waals surface area contributed by atoms with Gasteiger partial charge in [-0.3, -0.25) is 18.7 Å². The van der Waals surface area contributed by atoms with Gasteiger partial charge >= 0.3 is 0 Å². The van der Waals surface area contributed by atoms with Crippen LogP contribution in [0.3, 0.4) is 0 Å². The van der Waals surface area contributed by atoms with E-state index in [1.165, 1.54) is 57.1 Å². The monoisotopic (exact) mass is 1080 g/mol. The first kappa shape index (κ1) is 52.9. The van der Waals surface area contributed by atoms with Crippen LogP contribution in [-0.2, 0) is 59.2 Å². The minimum Gasteiger partial charge on any atom is -0.489 e. The second-order valence-corrected chi connectivity index (χ2v) is 23.5. The second kappa shape index (κ2) is 22.4. The lowest BCUT2D eigenvalue weighted by Crippen LogP contribution is -2.41. The molecule has 4 aliphatic rings. The van der Waals surface area contributed by atoms with Crippen LogP contribution < -0.4 is 20.1 Å². The van der Waals surface area contributed by atoms with E-state index in [1.807, 2.05) is 0 Å². The Hall–Kier alpha value is -5.36. The van der Waals surface area contributed by atoms with Gasteiger partial charge in [-0.15, -0.1) is 0 Å². The van der Waals surface area contributed by atoms with Crippen LogP contribution in [0.25, 0.3) is 12.2 Å². The zero-order valence-corrected chi connectivity index (χ0v) is 41.8. The van der Waals surface area contributed by atoms with Crippen molar-refractivity contribution >= 4 is 75.6 Å². The number of carbonyl (C=O) groups is 2. The maximum atomic E-state index is 13.9. The number of amides is 2. The number of ether oxygens (including phenoxy) is 6. The third kappa shape index (κ3) is 12.7. The highest BCUT2D eigenvalue weighted by atomic mass is 32.2. The average molecular weight is 1080 g/mol. The second-order valence-electron chi connectivity index (χ2n) is 16.9.